The summed E-state index contributed by atoms with van der Waals surface area (Å²) in [5, 5.41) is 43.0. The molecule has 0 aliphatic heterocycles. The third kappa shape index (κ3) is 8.82. The Hall–Kier alpha value is -13.5. The molecule has 0 atom stereocenters. The summed E-state index contributed by atoms with van der Waals surface area (Å²) >= 11 is 0. The van der Waals surface area contributed by atoms with Gasteiger partial charge < -0.3 is 9.13 Å². The van der Waals surface area contributed by atoms with Crippen molar-refractivity contribution in [2.75, 3.05) is 0 Å². The van der Waals surface area contributed by atoms with Crippen molar-refractivity contribution >= 4 is 77.7 Å². The lowest BCUT2D eigenvalue weighted by Crippen LogP contribution is -2.06. The van der Waals surface area contributed by atoms with Gasteiger partial charge in [-0.15, -0.1) is 0 Å². The summed E-state index contributed by atoms with van der Waals surface area (Å²) in [6, 6.07) is 55.5. The van der Waals surface area contributed by atoms with E-state index in [9.17, 15) is 21.0 Å². The molecule has 12 aromatic rings. The maximum absolute atomic E-state index is 15.2. The summed E-state index contributed by atoms with van der Waals surface area (Å²) < 4.78 is 49.3. The molecule has 0 amide bonds. The number of benzene rings is 10. The molecule has 0 aliphatic rings. The van der Waals surface area contributed by atoms with E-state index in [0.717, 1.165) is 12.1 Å². The first-order valence-electron chi connectivity index (χ1n) is 25.8. The molecule has 394 valence electrons. The van der Waals surface area contributed by atoms with Gasteiger partial charge in [-0.1, -0.05) is 91.0 Å². The highest BCUT2D eigenvalue weighted by atomic mass is 19.4. The third-order valence-corrected chi connectivity index (χ3v) is 15.2. The van der Waals surface area contributed by atoms with Crippen LogP contribution < -0.4 is 0 Å². The highest BCUT2D eigenvalue weighted by Crippen LogP contribution is 2.48. The van der Waals surface area contributed by atoms with E-state index in [-0.39, 0.29) is 78.9 Å². The van der Waals surface area contributed by atoms with Crippen LogP contribution in [0.3, 0.4) is 0 Å². The molecule has 0 saturated heterocycles. The summed E-state index contributed by atoms with van der Waals surface area (Å²) in [6.07, 6.45) is -4.94. The van der Waals surface area contributed by atoms with Crippen LogP contribution in [0.15, 0.2) is 176 Å². The van der Waals surface area contributed by atoms with Crippen LogP contribution in [0.2, 0.25) is 0 Å². The SMILES string of the molecule is [C-]#[N+]c1ccc(-c2ccc3c4ccc(-c5ccc(C#N)cc5[N+]#[C-])cc4n(-c4cc([N+]#[C-])c(-n5c6cc(-c7ccc(C#N)cc7[N+]#[C-])ccc6c6ccc(-c7ccc([N+]#[C-])cc7[N+]#[C-])cc65)cc4-c4cc(C#N)cc(C(F)(F)F)c4)c3c2)c(C#N)c1. The molecule has 15 heteroatoms. The van der Waals surface area contributed by atoms with Gasteiger partial charge >= 0.3 is 6.18 Å². The minimum absolute atomic E-state index is 0.000472. The Morgan fingerprint density at radius 2 is 0.744 bits per heavy atom. The smallest absolute Gasteiger partial charge is 0.319 e. The van der Waals surface area contributed by atoms with Crippen LogP contribution >= 0.6 is 0 Å². The van der Waals surface area contributed by atoms with Crippen molar-refractivity contribution in [2.45, 2.75) is 6.18 Å². The normalized spacial score (nSPS) is 10.8. The fourth-order valence-corrected chi connectivity index (χ4v) is 11.2. The number of hydrogen-bond donors (Lipinski definition) is 0. The number of nitriles is 4. The summed E-state index contributed by atoms with van der Waals surface area (Å²) in [5.41, 5.74) is 6.91. The standard InChI is InChI=1S/C71H29F3N12/c1-79-50-13-21-52(48(28-50)39-78)43-9-17-56-57-18-10-44(53-15-7-40(36-75)25-61(53)81-3)30-66(57)85(65(56)29-43)69-35-64(84-6)70(34-60(69)47-23-42(38-77)24-49(27-47)71(72,73)74)86-67-31-45(54-16-8-41(37-76)26-62(54)82-4)11-19-58(67)59-20-12-46(32-68(59)86)55-22-14-51(80-2)33-63(55)83-5/h7-35H. The van der Waals surface area contributed by atoms with Crippen LogP contribution in [0.25, 0.3) is 140 Å². The molecule has 12 nitrogen and oxygen atoms in total. The van der Waals surface area contributed by atoms with Crippen molar-refractivity contribution in [2.24, 2.45) is 0 Å². The van der Waals surface area contributed by atoms with Gasteiger partial charge in [0, 0.05) is 49.5 Å². The van der Waals surface area contributed by atoms with Crippen LogP contribution in [0.5, 0.6) is 0 Å². The molecule has 0 spiro atoms. The number of hydrogen-bond acceptors (Lipinski definition) is 4. The highest BCUT2D eigenvalue weighted by molar-refractivity contribution is 6.14. The van der Waals surface area contributed by atoms with Crippen molar-refractivity contribution in [3.63, 3.8) is 0 Å². The quantitative estimate of drug-likeness (QED) is 0.147. The molecule has 0 fully saturated rings. The zero-order valence-corrected chi connectivity index (χ0v) is 44.2. The van der Waals surface area contributed by atoms with Crippen LogP contribution in [0.1, 0.15) is 27.8 Å². The largest absolute Gasteiger partial charge is 0.416 e. The van der Waals surface area contributed by atoms with Gasteiger partial charge in [-0.3, -0.25) is 0 Å². The molecular formula is C71H29F3N12. The van der Waals surface area contributed by atoms with Crippen molar-refractivity contribution in [3.05, 3.63) is 272 Å². The second-order valence-corrected chi connectivity index (χ2v) is 19.8. The molecule has 12 rings (SSSR count). The maximum atomic E-state index is 15.2. The second-order valence-electron chi connectivity index (χ2n) is 19.8. The van der Waals surface area contributed by atoms with E-state index in [1.165, 1.54) is 30.3 Å². The van der Waals surface area contributed by atoms with Crippen LogP contribution in [0.4, 0.5) is 47.3 Å². The van der Waals surface area contributed by atoms with E-state index in [4.69, 9.17) is 39.4 Å². The molecule has 0 bridgehead atoms. The number of nitrogens with zero attached hydrogens (tertiary/aromatic N) is 12. The fourth-order valence-electron chi connectivity index (χ4n) is 11.2. The van der Waals surface area contributed by atoms with E-state index in [0.29, 0.717) is 88.1 Å². The minimum atomic E-state index is -4.94. The van der Waals surface area contributed by atoms with Gasteiger partial charge in [-0.2, -0.15) is 34.2 Å². The number of aromatic nitrogens is 2. The highest BCUT2D eigenvalue weighted by Gasteiger charge is 2.32. The van der Waals surface area contributed by atoms with Gasteiger partial charge in [0.15, 0.2) is 28.4 Å². The van der Waals surface area contributed by atoms with E-state index >= 15 is 13.2 Å². The molecule has 0 N–H and O–H groups in total. The Balaban J connectivity index is 1.25. The van der Waals surface area contributed by atoms with E-state index in [1.807, 2.05) is 78.9 Å². The number of fused-ring (bicyclic) bond motifs is 6. The predicted octanol–water partition coefficient (Wildman–Crippen LogP) is 20.0. The number of alkyl halides is 3. The molecule has 10 aromatic carbocycles. The zero-order chi connectivity index (χ0) is 60.1. The van der Waals surface area contributed by atoms with E-state index in [2.05, 4.69) is 47.3 Å². The lowest BCUT2D eigenvalue weighted by molar-refractivity contribution is -0.137. The lowest BCUT2D eigenvalue weighted by atomic mass is 9.96. The van der Waals surface area contributed by atoms with Gasteiger partial charge in [-0.25, -0.2) is 29.1 Å². The number of rotatable bonds is 7. The Labute approximate surface area is 488 Å². The lowest BCUT2D eigenvalue weighted by Gasteiger charge is -2.20. The Morgan fingerprint density at radius 3 is 1.17 bits per heavy atom. The Bertz CT molecular complexity index is 5230. The third-order valence-electron chi connectivity index (χ3n) is 15.2. The van der Waals surface area contributed by atoms with Crippen molar-refractivity contribution in [3.8, 4) is 91.3 Å². The molecule has 0 saturated carbocycles. The number of halogens is 3. The van der Waals surface area contributed by atoms with Crippen molar-refractivity contribution < 1.29 is 13.2 Å². The molecule has 0 unspecified atom stereocenters. The van der Waals surface area contributed by atoms with Crippen LogP contribution in [-0.4, -0.2) is 9.13 Å². The molecule has 2 aromatic heterocycles. The first-order chi connectivity index (χ1) is 41.8. The van der Waals surface area contributed by atoms with Crippen molar-refractivity contribution in [1.82, 2.24) is 9.13 Å². The average Bonchev–Trinajstić information content (AvgIpc) is 1.72. The molecular weight excluding hydrogens is 1080 g/mol. The summed E-state index contributed by atoms with van der Waals surface area (Å²) in [5.74, 6) is 0. The van der Waals surface area contributed by atoms with Gasteiger partial charge in [0.05, 0.1) is 103 Å². The van der Waals surface area contributed by atoms with Gasteiger partial charge in [0.2, 0.25) is 5.69 Å². The summed E-state index contributed by atoms with van der Waals surface area (Å²) in [4.78, 5) is 22.5. The Kier molecular flexibility index (Phi) is 12.9. The van der Waals surface area contributed by atoms with Crippen LogP contribution in [0, 0.1) is 84.8 Å². The van der Waals surface area contributed by atoms with Gasteiger partial charge in [-0.05, 0) is 135 Å². The van der Waals surface area contributed by atoms with E-state index in [1.54, 1.807) is 69.8 Å². The Morgan fingerprint density at radius 1 is 0.326 bits per heavy atom. The fraction of sp³-hybridized carbons (Fsp3) is 0.0141. The van der Waals surface area contributed by atoms with E-state index < -0.39 is 11.7 Å². The van der Waals surface area contributed by atoms with Gasteiger partial charge in [0.25, 0.3) is 0 Å². The second kappa shape index (κ2) is 20.9. The zero-order valence-electron chi connectivity index (χ0n) is 44.2. The molecule has 86 heavy (non-hydrogen) atoms. The first-order valence-corrected chi connectivity index (χ1v) is 25.8. The molecule has 0 radical (unpaired) electrons. The molecule has 2 heterocycles. The van der Waals surface area contributed by atoms with Crippen LogP contribution in [-0.2, 0) is 6.18 Å². The minimum Gasteiger partial charge on any atom is -0.319 e. The summed E-state index contributed by atoms with van der Waals surface area (Å²) in [7, 11) is 0. The van der Waals surface area contributed by atoms with Crippen molar-refractivity contribution in [1.29, 1.82) is 21.0 Å². The monoisotopic (exact) mass is 1110 g/mol. The maximum Gasteiger partial charge on any atom is 0.416 e. The first kappa shape index (κ1) is 53.1. The van der Waals surface area contributed by atoms with Gasteiger partial charge in [0.1, 0.15) is 0 Å². The molecule has 0 aliphatic carbocycles. The predicted molar refractivity (Wildman–Crippen MR) is 324 cm³/mol. The topological polar surface area (TPSA) is 131 Å². The average molecular weight is 1110 g/mol. The summed E-state index contributed by atoms with van der Waals surface area (Å²) in [6.45, 7) is 48.7.